The lowest BCUT2D eigenvalue weighted by Crippen LogP contribution is -1.96. The van der Waals surface area contributed by atoms with Crippen molar-refractivity contribution in [1.82, 2.24) is 14.6 Å². The minimum atomic E-state index is 0.404. The number of methoxy groups -OCH3 is 3. The van der Waals surface area contributed by atoms with Gasteiger partial charge >= 0.3 is 0 Å². The number of rotatable bonds is 4. The van der Waals surface area contributed by atoms with Gasteiger partial charge in [-0.05, 0) is 23.8 Å². The van der Waals surface area contributed by atoms with E-state index in [1.54, 1.807) is 44.3 Å². The Morgan fingerprint density at radius 1 is 1.05 bits per heavy atom. The van der Waals surface area contributed by atoms with Crippen LogP contribution in [0.1, 0.15) is 0 Å². The Labute approximate surface area is 132 Å². The van der Waals surface area contributed by atoms with Gasteiger partial charge in [-0.15, -0.1) is 0 Å². The van der Waals surface area contributed by atoms with Crippen LogP contribution in [0.25, 0.3) is 16.8 Å². The summed E-state index contributed by atoms with van der Waals surface area (Å²) in [6, 6.07) is 5.38. The summed E-state index contributed by atoms with van der Waals surface area (Å²) in [5.74, 6) is 1.67. The third-order valence-corrected chi connectivity index (χ3v) is 3.52. The lowest BCUT2D eigenvalue weighted by atomic mass is 10.1. The SMILES string of the molecule is COc1cc(-c2cnn3ccc(Cl)nc23)cc(OC)c1OC. The maximum atomic E-state index is 5.98. The summed E-state index contributed by atoms with van der Waals surface area (Å²) in [7, 11) is 4.72. The van der Waals surface area contributed by atoms with Gasteiger partial charge < -0.3 is 14.2 Å². The van der Waals surface area contributed by atoms with Crippen molar-refractivity contribution in [3.63, 3.8) is 0 Å². The molecule has 3 aromatic rings. The summed E-state index contributed by atoms with van der Waals surface area (Å²) in [5, 5.41) is 4.68. The lowest BCUT2D eigenvalue weighted by Gasteiger charge is -2.13. The predicted octanol–water partition coefficient (Wildman–Crippen LogP) is 3.08. The number of hydrogen-bond acceptors (Lipinski definition) is 5. The van der Waals surface area contributed by atoms with Gasteiger partial charge in [0, 0.05) is 11.8 Å². The molecule has 0 atom stereocenters. The second-order valence-electron chi connectivity index (χ2n) is 4.49. The van der Waals surface area contributed by atoms with Crippen molar-refractivity contribution in [2.45, 2.75) is 0 Å². The Bertz CT molecular complexity index is 807. The van der Waals surface area contributed by atoms with Crippen molar-refractivity contribution in [1.29, 1.82) is 0 Å². The summed E-state index contributed by atoms with van der Waals surface area (Å²) >= 11 is 5.98. The van der Waals surface area contributed by atoms with Gasteiger partial charge in [0.15, 0.2) is 17.1 Å². The summed E-state index contributed by atoms with van der Waals surface area (Å²) in [6.07, 6.45) is 3.48. The van der Waals surface area contributed by atoms with Crippen molar-refractivity contribution in [2.24, 2.45) is 0 Å². The molecule has 7 heteroatoms. The molecule has 0 saturated heterocycles. The van der Waals surface area contributed by atoms with Crippen molar-refractivity contribution < 1.29 is 14.2 Å². The van der Waals surface area contributed by atoms with E-state index in [0.29, 0.717) is 28.0 Å². The van der Waals surface area contributed by atoms with Crippen LogP contribution in [0, 0.1) is 0 Å². The number of nitrogens with zero attached hydrogens (tertiary/aromatic N) is 3. The van der Waals surface area contributed by atoms with Gasteiger partial charge in [-0.2, -0.15) is 5.10 Å². The van der Waals surface area contributed by atoms with E-state index in [1.165, 1.54) is 0 Å². The molecule has 0 bridgehead atoms. The predicted molar refractivity (Wildman–Crippen MR) is 83.1 cm³/mol. The molecule has 2 heterocycles. The molecule has 3 rings (SSSR count). The molecule has 0 saturated carbocycles. The highest BCUT2D eigenvalue weighted by Crippen LogP contribution is 2.41. The van der Waals surface area contributed by atoms with Gasteiger partial charge in [-0.1, -0.05) is 11.6 Å². The molecule has 0 spiro atoms. The molecular formula is C15H14ClN3O3. The number of hydrogen-bond donors (Lipinski definition) is 0. The Kier molecular flexibility index (Phi) is 3.77. The highest BCUT2D eigenvalue weighted by molar-refractivity contribution is 6.29. The van der Waals surface area contributed by atoms with E-state index < -0.39 is 0 Å². The van der Waals surface area contributed by atoms with Gasteiger partial charge in [-0.25, -0.2) is 9.50 Å². The standard InChI is InChI=1S/C15H14ClN3O3/c1-20-11-6-9(7-12(21-2)14(11)22-3)10-8-17-19-5-4-13(16)18-15(10)19/h4-8H,1-3H3. The lowest BCUT2D eigenvalue weighted by molar-refractivity contribution is 0.324. The van der Waals surface area contributed by atoms with Crippen molar-refractivity contribution in [2.75, 3.05) is 21.3 Å². The minimum Gasteiger partial charge on any atom is -0.493 e. The first kappa shape index (κ1) is 14.5. The van der Waals surface area contributed by atoms with E-state index in [2.05, 4.69) is 10.1 Å². The van der Waals surface area contributed by atoms with Gasteiger partial charge in [0.1, 0.15) is 5.15 Å². The fourth-order valence-electron chi connectivity index (χ4n) is 2.29. The fraction of sp³-hybridized carbons (Fsp3) is 0.200. The van der Waals surface area contributed by atoms with Crippen LogP contribution in [0.4, 0.5) is 0 Å². The number of ether oxygens (including phenoxy) is 3. The maximum absolute atomic E-state index is 5.98. The third-order valence-electron chi connectivity index (χ3n) is 3.31. The average molecular weight is 320 g/mol. The summed E-state index contributed by atoms with van der Waals surface area (Å²) in [5.41, 5.74) is 2.32. The topological polar surface area (TPSA) is 57.9 Å². The molecule has 114 valence electrons. The van der Waals surface area contributed by atoms with Gasteiger partial charge in [0.25, 0.3) is 0 Å². The van der Waals surface area contributed by atoms with Gasteiger partial charge in [-0.3, -0.25) is 0 Å². The van der Waals surface area contributed by atoms with Gasteiger partial charge in [0.2, 0.25) is 5.75 Å². The highest BCUT2D eigenvalue weighted by Gasteiger charge is 2.17. The van der Waals surface area contributed by atoms with Crippen LogP contribution in [-0.2, 0) is 0 Å². The first-order chi connectivity index (χ1) is 10.7. The van der Waals surface area contributed by atoms with E-state index in [4.69, 9.17) is 25.8 Å². The smallest absolute Gasteiger partial charge is 0.203 e. The van der Waals surface area contributed by atoms with Crippen LogP contribution < -0.4 is 14.2 Å². The molecule has 0 aliphatic heterocycles. The van der Waals surface area contributed by atoms with Crippen LogP contribution in [0.15, 0.2) is 30.6 Å². The molecule has 6 nitrogen and oxygen atoms in total. The molecule has 0 aliphatic carbocycles. The Hall–Kier alpha value is -2.47. The van der Waals surface area contributed by atoms with Crippen LogP contribution in [-0.4, -0.2) is 35.9 Å². The molecule has 2 aromatic heterocycles. The molecule has 0 N–H and O–H groups in total. The van der Waals surface area contributed by atoms with E-state index >= 15 is 0 Å². The molecule has 0 aliphatic rings. The van der Waals surface area contributed by atoms with Crippen molar-refractivity contribution in [3.05, 3.63) is 35.7 Å². The van der Waals surface area contributed by atoms with Gasteiger partial charge in [0.05, 0.1) is 27.5 Å². The quantitative estimate of drug-likeness (QED) is 0.692. The monoisotopic (exact) mass is 319 g/mol. The molecule has 0 fully saturated rings. The summed E-state index contributed by atoms with van der Waals surface area (Å²) < 4.78 is 17.7. The first-order valence-electron chi connectivity index (χ1n) is 6.48. The second-order valence-corrected chi connectivity index (χ2v) is 4.88. The maximum Gasteiger partial charge on any atom is 0.203 e. The number of benzene rings is 1. The van der Waals surface area contributed by atoms with Crippen LogP contribution in [0.2, 0.25) is 5.15 Å². The number of aromatic nitrogens is 3. The second kappa shape index (κ2) is 5.73. The average Bonchev–Trinajstić information content (AvgIpc) is 2.96. The molecule has 0 amide bonds. The van der Waals surface area contributed by atoms with Crippen molar-refractivity contribution in [3.8, 4) is 28.4 Å². The molecule has 1 aromatic carbocycles. The number of halogens is 1. The van der Waals surface area contributed by atoms with Crippen LogP contribution >= 0.6 is 11.6 Å². The molecule has 0 unspecified atom stereocenters. The largest absolute Gasteiger partial charge is 0.493 e. The van der Waals surface area contributed by atoms with E-state index in [0.717, 1.165) is 11.1 Å². The molecule has 0 radical (unpaired) electrons. The van der Waals surface area contributed by atoms with E-state index in [9.17, 15) is 0 Å². The van der Waals surface area contributed by atoms with Crippen LogP contribution in [0.3, 0.4) is 0 Å². The Morgan fingerprint density at radius 2 is 1.73 bits per heavy atom. The summed E-state index contributed by atoms with van der Waals surface area (Å²) in [4.78, 5) is 4.32. The Balaban J connectivity index is 2.24. The highest BCUT2D eigenvalue weighted by atomic mass is 35.5. The fourth-order valence-corrected chi connectivity index (χ4v) is 2.42. The summed E-state index contributed by atoms with van der Waals surface area (Å²) in [6.45, 7) is 0. The molecule has 22 heavy (non-hydrogen) atoms. The first-order valence-corrected chi connectivity index (χ1v) is 6.86. The zero-order chi connectivity index (χ0) is 15.7. The van der Waals surface area contributed by atoms with E-state index in [-0.39, 0.29) is 0 Å². The zero-order valence-electron chi connectivity index (χ0n) is 12.3. The van der Waals surface area contributed by atoms with Crippen LogP contribution in [0.5, 0.6) is 17.2 Å². The van der Waals surface area contributed by atoms with E-state index in [1.807, 2.05) is 12.1 Å². The third kappa shape index (κ3) is 2.31. The molecular weight excluding hydrogens is 306 g/mol. The Morgan fingerprint density at radius 3 is 2.32 bits per heavy atom. The minimum absolute atomic E-state index is 0.404. The zero-order valence-corrected chi connectivity index (χ0v) is 13.1. The number of fused-ring (bicyclic) bond motifs is 1. The van der Waals surface area contributed by atoms with Crippen molar-refractivity contribution >= 4 is 17.2 Å². The normalized spacial score (nSPS) is 10.7.